The highest BCUT2D eigenvalue weighted by Gasteiger charge is 2.34. The Hall–Kier alpha value is -0.890. The van der Waals surface area contributed by atoms with Crippen molar-refractivity contribution in [2.45, 2.75) is 64.4 Å². The molecule has 3 fully saturated rings. The van der Waals surface area contributed by atoms with Crippen LogP contribution in [-0.2, 0) is 4.74 Å². The van der Waals surface area contributed by atoms with Gasteiger partial charge in [-0.25, -0.2) is 0 Å². The molecule has 0 atom stereocenters. The molecule has 0 radical (unpaired) electrons. The highest BCUT2D eigenvalue weighted by molar-refractivity contribution is 5.79. The normalized spacial score (nSPS) is 24.7. The summed E-state index contributed by atoms with van der Waals surface area (Å²) in [5.74, 6) is 0.971. The van der Waals surface area contributed by atoms with Crippen molar-refractivity contribution in [1.29, 1.82) is 0 Å². The number of nitrogens with zero attached hydrogens (tertiary/aromatic N) is 3. The minimum absolute atomic E-state index is 0.0866. The number of aliphatic hydroxyl groups excluding tert-OH is 1. The molecule has 2 aliphatic heterocycles. The average molecular weight is 424 g/mol. The highest BCUT2D eigenvalue weighted by atomic mass is 16.5. The molecule has 1 saturated carbocycles. The number of aliphatic hydroxyl groups is 1. The van der Waals surface area contributed by atoms with E-state index in [1.165, 1.54) is 38.6 Å². The second kappa shape index (κ2) is 12.8. The summed E-state index contributed by atoms with van der Waals surface area (Å²) in [7, 11) is 0. The Morgan fingerprint density at radius 2 is 1.77 bits per heavy atom. The van der Waals surface area contributed by atoms with Crippen molar-refractivity contribution in [2.75, 3.05) is 72.1 Å². The molecule has 0 aromatic heterocycles. The number of morpholine rings is 1. The van der Waals surface area contributed by atoms with Crippen LogP contribution in [0.3, 0.4) is 0 Å². The summed E-state index contributed by atoms with van der Waals surface area (Å²) in [5.41, 5.74) is 0.326. The Bertz CT molecular complexity index is 496. The Morgan fingerprint density at radius 3 is 2.47 bits per heavy atom. The van der Waals surface area contributed by atoms with Crippen molar-refractivity contribution in [3.8, 4) is 0 Å². The zero-order chi connectivity index (χ0) is 21.1. The van der Waals surface area contributed by atoms with Crippen molar-refractivity contribution in [2.24, 2.45) is 10.4 Å². The summed E-state index contributed by atoms with van der Waals surface area (Å²) < 4.78 is 5.55. The van der Waals surface area contributed by atoms with Gasteiger partial charge < -0.3 is 25.4 Å². The fourth-order valence-electron chi connectivity index (χ4n) is 5.14. The van der Waals surface area contributed by atoms with Crippen molar-refractivity contribution < 1.29 is 9.84 Å². The molecule has 7 nitrogen and oxygen atoms in total. The fourth-order valence-corrected chi connectivity index (χ4v) is 5.14. The molecule has 30 heavy (non-hydrogen) atoms. The van der Waals surface area contributed by atoms with Crippen LogP contribution in [0.25, 0.3) is 0 Å². The lowest BCUT2D eigenvalue weighted by atomic mass is 9.73. The third-order valence-corrected chi connectivity index (χ3v) is 6.99. The van der Waals surface area contributed by atoms with Crippen LogP contribution >= 0.6 is 0 Å². The molecule has 1 aliphatic carbocycles. The number of aliphatic imine (C=N–C) groups is 1. The molecule has 0 spiro atoms. The molecular formula is C23H45N5O2. The third-order valence-electron chi connectivity index (χ3n) is 6.99. The molecule has 0 bridgehead atoms. The Labute approximate surface area is 183 Å². The molecule has 0 aromatic carbocycles. The molecule has 3 aliphatic rings. The Kier molecular flexibility index (Phi) is 10.2. The maximum Gasteiger partial charge on any atom is 0.191 e. The predicted molar refractivity (Wildman–Crippen MR) is 123 cm³/mol. The van der Waals surface area contributed by atoms with Gasteiger partial charge in [0.2, 0.25) is 0 Å². The molecule has 7 heteroatoms. The lowest BCUT2D eigenvalue weighted by Gasteiger charge is -2.41. The summed E-state index contributed by atoms with van der Waals surface area (Å²) in [6.45, 7) is 13.1. The lowest BCUT2D eigenvalue weighted by molar-refractivity contribution is 0.00937. The smallest absolute Gasteiger partial charge is 0.191 e. The first-order valence-electron chi connectivity index (χ1n) is 12.4. The second-order valence-electron chi connectivity index (χ2n) is 9.50. The number of hydrogen-bond donors (Lipinski definition) is 3. The van der Waals surface area contributed by atoms with E-state index in [1.807, 2.05) is 0 Å². The van der Waals surface area contributed by atoms with Crippen LogP contribution in [0, 0.1) is 5.41 Å². The van der Waals surface area contributed by atoms with Crippen molar-refractivity contribution in [3.63, 3.8) is 0 Å². The molecule has 174 valence electrons. The van der Waals surface area contributed by atoms with E-state index in [0.717, 1.165) is 90.8 Å². The van der Waals surface area contributed by atoms with Crippen LogP contribution in [-0.4, -0.2) is 99.1 Å². The van der Waals surface area contributed by atoms with Gasteiger partial charge in [0.1, 0.15) is 0 Å². The number of guanidine groups is 1. The van der Waals surface area contributed by atoms with E-state index < -0.39 is 0 Å². The van der Waals surface area contributed by atoms with Crippen molar-refractivity contribution in [3.05, 3.63) is 0 Å². The zero-order valence-electron chi connectivity index (χ0n) is 19.2. The van der Waals surface area contributed by atoms with E-state index in [9.17, 15) is 5.11 Å². The highest BCUT2D eigenvalue weighted by Crippen LogP contribution is 2.37. The summed E-state index contributed by atoms with van der Waals surface area (Å²) in [5, 5.41) is 16.7. The van der Waals surface area contributed by atoms with Crippen LogP contribution in [0.15, 0.2) is 4.99 Å². The fraction of sp³-hybridized carbons (Fsp3) is 0.957. The van der Waals surface area contributed by atoms with E-state index in [4.69, 9.17) is 9.73 Å². The number of rotatable bonds is 9. The van der Waals surface area contributed by atoms with E-state index in [2.05, 4.69) is 27.4 Å². The monoisotopic (exact) mass is 423 g/mol. The molecule has 3 N–H and O–H groups in total. The first-order valence-corrected chi connectivity index (χ1v) is 12.4. The molecule has 3 rings (SSSR count). The van der Waals surface area contributed by atoms with E-state index >= 15 is 0 Å². The third kappa shape index (κ3) is 7.98. The van der Waals surface area contributed by atoms with Crippen LogP contribution in [0.5, 0.6) is 0 Å². The Balaban J connectivity index is 1.46. The zero-order valence-corrected chi connectivity index (χ0v) is 19.2. The topological polar surface area (TPSA) is 72.4 Å². The first-order chi connectivity index (χ1) is 14.7. The van der Waals surface area contributed by atoms with Crippen LogP contribution in [0.1, 0.15) is 58.3 Å². The number of ether oxygens (including phenoxy) is 1. The standard InChI is InChI=1S/C23H45N5O2/c1-2-24-22(25-11-6-12-27-13-7-21(29)8-14-27)26-19-23(9-4-3-5-10-23)20-28-15-17-30-18-16-28/h21,29H,2-20H2,1H3,(H2,24,25,26). The largest absolute Gasteiger partial charge is 0.393 e. The van der Waals surface area contributed by atoms with Gasteiger partial charge in [-0.1, -0.05) is 19.3 Å². The van der Waals surface area contributed by atoms with Gasteiger partial charge in [0, 0.05) is 57.8 Å². The van der Waals surface area contributed by atoms with Gasteiger partial charge in [-0.2, -0.15) is 0 Å². The summed E-state index contributed by atoms with van der Waals surface area (Å²) in [6.07, 6.45) is 9.52. The molecule has 0 aromatic rings. The maximum absolute atomic E-state index is 9.65. The summed E-state index contributed by atoms with van der Waals surface area (Å²) in [6, 6.07) is 0. The maximum atomic E-state index is 9.65. The number of piperidine rings is 1. The minimum atomic E-state index is -0.0866. The van der Waals surface area contributed by atoms with Gasteiger partial charge >= 0.3 is 0 Å². The predicted octanol–water partition coefficient (Wildman–Crippen LogP) is 1.67. The van der Waals surface area contributed by atoms with Crippen molar-refractivity contribution >= 4 is 5.96 Å². The van der Waals surface area contributed by atoms with E-state index in [0.29, 0.717) is 5.41 Å². The molecule has 0 amide bonds. The Morgan fingerprint density at radius 1 is 1.03 bits per heavy atom. The van der Waals surface area contributed by atoms with Crippen molar-refractivity contribution in [1.82, 2.24) is 20.4 Å². The second-order valence-corrected chi connectivity index (χ2v) is 9.50. The van der Waals surface area contributed by atoms with Gasteiger partial charge in [-0.3, -0.25) is 9.89 Å². The van der Waals surface area contributed by atoms with Crippen LogP contribution in [0.2, 0.25) is 0 Å². The quantitative estimate of drug-likeness (QED) is 0.298. The first kappa shape index (κ1) is 23.8. The van der Waals surface area contributed by atoms with Crippen LogP contribution < -0.4 is 10.6 Å². The van der Waals surface area contributed by atoms with Gasteiger partial charge in [0.05, 0.1) is 19.3 Å². The number of likely N-dealkylation sites (tertiary alicyclic amines) is 1. The molecule has 0 unspecified atom stereocenters. The van der Waals surface area contributed by atoms with Gasteiger partial charge in [-0.15, -0.1) is 0 Å². The van der Waals surface area contributed by atoms with Crippen LogP contribution in [0.4, 0.5) is 0 Å². The van der Waals surface area contributed by atoms with E-state index in [-0.39, 0.29) is 6.10 Å². The van der Waals surface area contributed by atoms with Gasteiger partial charge in [0.15, 0.2) is 5.96 Å². The van der Waals surface area contributed by atoms with E-state index in [1.54, 1.807) is 0 Å². The average Bonchev–Trinajstić information content (AvgIpc) is 2.77. The summed E-state index contributed by atoms with van der Waals surface area (Å²) in [4.78, 5) is 10.1. The van der Waals surface area contributed by atoms with Gasteiger partial charge in [-0.05, 0) is 45.6 Å². The number of nitrogens with one attached hydrogen (secondary N) is 2. The molecular weight excluding hydrogens is 378 g/mol. The lowest BCUT2D eigenvalue weighted by Crippen LogP contribution is -2.47. The minimum Gasteiger partial charge on any atom is -0.393 e. The SMILES string of the molecule is CCNC(=NCC1(CN2CCOCC2)CCCCC1)NCCCN1CCC(O)CC1. The number of hydrogen-bond acceptors (Lipinski definition) is 5. The molecule has 2 heterocycles. The summed E-state index contributed by atoms with van der Waals surface area (Å²) >= 11 is 0. The van der Waals surface area contributed by atoms with Gasteiger partial charge in [0.25, 0.3) is 0 Å². The molecule has 2 saturated heterocycles.